The summed E-state index contributed by atoms with van der Waals surface area (Å²) in [4.78, 5) is 11.6. The van der Waals surface area contributed by atoms with Gasteiger partial charge >= 0.3 is 5.97 Å². The Balaban J connectivity index is 2.94. The van der Waals surface area contributed by atoms with Gasteiger partial charge in [-0.25, -0.2) is 4.79 Å². The fourth-order valence-electron chi connectivity index (χ4n) is 1.31. The first-order valence-corrected chi connectivity index (χ1v) is 5.83. The van der Waals surface area contributed by atoms with Crippen molar-refractivity contribution >= 4 is 23.3 Å². The fourth-order valence-corrected chi connectivity index (χ4v) is 1.48. The van der Waals surface area contributed by atoms with Gasteiger partial charge in [0.1, 0.15) is 0 Å². The summed E-state index contributed by atoms with van der Waals surface area (Å²) in [7, 11) is 1.36. The Morgan fingerprint density at radius 2 is 2.06 bits per heavy atom. The summed E-state index contributed by atoms with van der Waals surface area (Å²) in [6, 6.07) is 5.15. The molecule has 0 aliphatic heterocycles. The number of halogens is 1. The number of carbonyl (C=O) groups excluding carboxylic acids is 1. The molecule has 0 aliphatic carbocycles. The number of methoxy groups -OCH3 is 1. The molecule has 0 bridgehead atoms. The van der Waals surface area contributed by atoms with Gasteiger partial charge in [-0.2, -0.15) is 0 Å². The number of anilines is 1. The highest BCUT2D eigenvalue weighted by atomic mass is 35.5. The Labute approximate surface area is 107 Å². The molecule has 0 unspecified atom stereocenters. The van der Waals surface area contributed by atoms with Crippen molar-refractivity contribution in [3.63, 3.8) is 0 Å². The highest BCUT2D eigenvalue weighted by molar-refractivity contribution is 6.31. The lowest BCUT2D eigenvalue weighted by Gasteiger charge is -2.20. The lowest BCUT2D eigenvalue weighted by molar-refractivity contribution is 0.0601. The monoisotopic (exact) mass is 255 g/mol. The average molecular weight is 256 g/mol. The van der Waals surface area contributed by atoms with Crippen molar-refractivity contribution in [3.05, 3.63) is 28.8 Å². The molecular formula is C13H18ClNO2. The van der Waals surface area contributed by atoms with Crippen molar-refractivity contribution in [1.82, 2.24) is 0 Å². The molecule has 0 heterocycles. The maximum Gasteiger partial charge on any atom is 0.340 e. The minimum Gasteiger partial charge on any atom is -0.465 e. The molecular weight excluding hydrogens is 238 g/mol. The lowest BCUT2D eigenvalue weighted by atomic mass is 9.96. The number of carbonyl (C=O) groups is 1. The summed E-state index contributed by atoms with van der Waals surface area (Å²) in [5, 5.41) is 3.76. The molecule has 0 aliphatic rings. The van der Waals surface area contributed by atoms with Gasteiger partial charge in [-0.15, -0.1) is 0 Å². The molecule has 4 heteroatoms. The first kappa shape index (κ1) is 13.8. The summed E-state index contributed by atoms with van der Waals surface area (Å²) >= 11 is 5.87. The normalized spacial score (nSPS) is 11.1. The standard InChI is InChI=1S/C13H18ClNO2/c1-13(2,3)8-15-11-6-5-9(14)7-10(11)12(16)17-4/h5-7,15H,8H2,1-4H3. The molecule has 0 amide bonds. The molecule has 0 saturated carbocycles. The Bertz CT molecular complexity index is 410. The van der Waals surface area contributed by atoms with Crippen LogP contribution in [0.5, 0.6) is 0 Å². The highest BCUT2D eigenvalue weighted by Crippen LogP contribution is 2.23. The molecule has 0 atom stereocenters. The minimum atomic E-state index is -0.385. The van der Waals surface area contributed by atoms with Crippen molar-refractivity contribution in [2.24, 2.45) is 5.41 Å². The SMILES string of the molecule is COC(=O)c1cc(Cl)ccc1NCC(C)(C)C. The molecule has 94 valence electrons. The van der Waals surface area contributed by atoms with E-state index in [1.807, 2.05) is 0 Å². The van der Waals surface area contributed by atoms with Gasteiger partial charge in [0.15, 0.2) is 0 Å². The molecule has 0 spiro atoms. The van der Waals surface area contributed by atoms with Crippen LogP contribution in [0.15, 0.2) is 18.2 Å². The Kier molecular flexibility index (Phi) is 4.40. The van der Waals surface area contributed by atoms with E-state index in [0.717, 1.165) is 12.2 Å². The topological polar surface area (TPSA) is 38.3 Å². The van der Waals surface area contributed by atoms with Crippen molar-refractivity contribution in [2.45, 2.75) is 20.8 Å². The molecule has 0 aromatic heterocycles. The smallest absolute Gasteiger partial charge is 0.340 e. The van der Waals surface area contributed by atoms with Gasteiger partial charge in [0.2, 0.25) is 0 Å². The molecule has 3 nitrogen and oxygen atoms in total. The van der Waals surface area contributed by atoms with Crippen LogP contribution in [0.3, 0.4) is 0 Å². The van der Waals surface area contributed by atoms with Crippen LogP contribution in [0, 0.1) is 5.41 Å². The van der Waals surface area contributed by atoms with Crippen molar-refractivity contribution in [2.75, 3.05) is 19.0 Å². The van der Waals surface area contributed by atoms with Crippen LogP contribution < -0.4 is 5.32 Å². The molecule has 1 aromatic carbocycles. The summed E-state index contributed by atoms with van der Waals surface area (Å²) < 4.78 is 4.73. The van der Waals surface area contributed by atoms with E-state index >= 15 is 0 Å². The first-order valence-electron chi connectivity index (χ1n) is 5.45. The zero-order chi connectivity index (χ0) is 13.1. The zero-order valence-corrected chi connectivity index (χ0v) is 11.4. The molecule has 1 aromatic rings. The van der Waals surface area contributed by atoms with E-state index in [1.54, 1.807) is 18.2 Å². The van der Waals surface area contributed by atoms with E-state index in [-0.39, 0.29) is 11.4 Å². The maximum atomic E-state index is 11.6. The van der Waals surface area contributed by atoms with E-state index in [0.29, 0.717) is 10.6 Å². The second-order valence-electron chi connectivity index (χ2n) is 5.10. The summed E-state index contributed by atoms with van der Waals surface area (Å²) in [6.07, 6.45) is 0. The number of nitrogens with one attached hydrogen (secondary N) is 1. The number of hydrogen-bond donors (Lipinski definition) is 1. The van der Waals surface area contributed by atoms with Crippen LogP contribution >= 0.6 is 11.6 Å². The number of benzene rings is 1. The van der Waals surface area contributed by atoms with Gasteiger partial charge < -0.3 is 10.1 Å². The molecule has 1 rings (SSSR count). The van der Waals surface area contributed by atoms with Crippen LogP contribution in [-0.2, 0) is 4.74 Å². The number of rotatable bonds is 3. The largest absolute Gasteiger partial charge is 0.465 e. The van der Waals surface area contributed by atoms with Crippen molar-refractivity contribution < 1.29 is 9.53 Å². The van der Waals surface area contributed by atoms with Crippen LogP contribution in [0.2, 0.25) is 5.02 Å². The molecule has 17 heavy (non-hydrogen) atoms. The predicted octanol–water partition coefficient (Wildman–Crippen LogP) is 3.58. The fraction of sp³-hybridized carbons (Fsp3) is 0.462. The third-order valence-electron chi connectivity index (χ3n) is 2.20. The first-order chi connectivity index (χ1) is 7.83. The highest BCUT2D eigenvalue weighted by Gasteiger charge is 2.15. The Morgan fingerprint density at radius 3 is 2.59 bits per heavy atom. The van der Waals surface area contributed by atoms with Crippen molar-refractivity contribution in [1.29, 1.82) is 0 Å². The summed E-state index contributed by atoms with van der Waals surface area (Å²) in [6.45, 7) is 7.12. The van der Waals surface area contributed by atoms with Gasteiger partial charge in [0, 0.05) is 17.3 Å². The quantitative estimate of drug-likeness (QED) is 0.839. The van der Waals surface area contributed by atoms with E-state index < -0.39 is 0 Å². The number of hydrogen-bond acceptors (Lipinski definition) is 3. The summed E-state index contributed by atoms with van der Waals surface area (Å²) in [5.41, 5.74) is 1.34. The van der Waals surface area contributed by atoms with Gasteiger partial charge in [0.05, 0.1) is 12.7 Å². The molecule has 0 radical (unpaired) electrons. The maximum absolute atomic E-state index is 11.6. The van der Waals surface area contributed by atoms with E-state index in [2.05, 4.69) is 26.1 Å². The minimum absolute atomic E-state index is 0.132. The Morgan fingerprint density at radius 1 is 1.41 bits per heavy atom. The second kappa shape index (κ2) is 5.41. The molecule has 1 N–H and O–H groups in total. The van der Waals surface area contributed by atoms with Gasteiger partial charge in [-0.1, -0.05) is 32.4 Å². The van der Waals surface area contributed by atoms with Gasteiger partial charge in [-0.05, 0) is 23.6 Å². The molecule has 0 fully saturated rings. The van der Waals surface area contributed by atoms with Gasteiger partial charge in [0.25, 0.3) is 0 Å². The third kappa shape index (κ3) is 4.27. The van der Waals surface area contributed by atoms with E-state index in [1.165, 1.54) is 7.11 Å². The van der Waals surface area contributed by atoms with Crippen LogP contribution in [-0.4, -0.2) is 19.6 Å². The van der Waals surface area contributed by atoms with E-state index in [4.69, 9.17) is 16.3 Å². The Hall–Kier alpha value is -1.22. The second-order valence-corrected chi connectivity index (χ2v) is 5.53. The zero-order valence-electron chi connectivity index (χ0n) is 10.6. The predicted molar refractivity (Wildman–Crippen MR) is 70.7 cm³/mol. The number of ether oxygens (including phenoxy) is 1. The van der Waals surface area contributed by atoms with Crippen molar-refractivity contribution in [3.8, 4) is 0 Å². The third-order valence-corrected chi connectivity index (χ3v) is 2.43. The van der Waals surface area contributed by atoms with Crippen LogP contribution in [0.1, 0.15) is 31.1 Å². The van der Waals surface area contributed by atoms with Crippen LogP contribution in [0.4, 0.5) is 5.69 Å². The van der Waals surface area contributed by atoms with E-state index in [9.17, 15) is 4.79 Å². The molecule has 0 saturated heterocycles. The van der Waals surface area contributed by atoms with Gasteiger partial charge in [-0.3, -0.25) is 0 Å². The summed E-state index contributed by atoms with van der Waals surface area (Å²) in [5.74, 6) is -0.385. The lowest BCUT2D eigenvalue weighted by Crippen LogP contribution is -2.20. The van der Waals surface area contributed by atoms with Crippen LogP contribution in [0.25, 0.3) is 0 Å². The number of esters is 1. The average Bonchev–Trinajstić information content (AvgIpc) is 2.25.